The van der Waals surface area contributed by atoms with Gasteiger partial charge in [0.15, 0.2) is 0 Å². The molecule has 1 saturated carbocycles. The Morgan fingerprint density at radius 3 is 2.68 bits per heavy atom. The third-order valence-electron chi connectivity index (χ3n) is 4.37. The Kier molecular flexibility index (Phi) is 4.46. The third kappa shape index (κ3) is 4.02. The van der Waals surface area contributed by atoms with Crippen molar-refractivity contribution in [1.29, 1.82) is 0 Å². The minimum Gasteiger partial charge on any atom is -0.313 e. The summed E-state index contributed by atoms with van der Waals surface area (Å²) in [7, 11) is 0. The molecule has 0 aromatic carbocycles. The van der Waals surface area contributed by atoms with Crippen LogP contribution in [0.3, 0.4) is 0 Å². The molecule has 1 aromatic rings. The predicted octanol–water partition coefficient (Wildman–Crippen LogP) is 2.23. The quantitative estimate of drug-likeness (QED) is 0.849. The van der Waals surface area contributed by atoms with Crippen molar-refractivity contribution in [3.05, 3.63) is 30.1 Å². The Morgan fingerprint density at radius 2 is 2.00 bits per heavy atom. The number of pyridine rings is 1. The highest BCUT2D eigenvalue weighted by Crippen LogP contribution is 2.27. The number of hydrogen-bond donors (Lipinski definition) is 1. The maximum absolute atomic E-state index is 4.09. The summed E-state index contributed by atoms with van der Waals surface area (Å²) in [6, 6.07) is 5.88. The van der Waals surface area contributed by atoms with Crippen LogP contribution in [0.4, 0.5) is 0 Å². The van der Waals surface area contributed by atoms with E-state index in [0.717, 1.165) is 18.5 Å². The lowest BCUT2D eigenvalue weighted by Gasteiger charge is -2.30. The van der Waals surface area contributed by atoms with Crippen LogP contribution in [0.25, 0.3) is 0 Å². The summed E-state index contributed by atoms with van der Waals surface area (Å²) in [6.45, 7) is 3.66. The van der Waals surface area contributed by atoms with Crippen LogP contribution in [-0.2, 0) is 6.42 Å². The normalized spacial score (nSPS) is 23.7. The maximum atomic E-state index is 4.09. The topological polar surface area (TPSA) is 28.2 Å². The van der Waals surface area contributed by atoms with Gasteiger partial charge in [-0.05, 0) is 56.3 Å². The summed E-state index contributed by atoms with van der Waals surface area (Å²) >= 11 is 0. The van der Waals surface area contributed by atoms with Crippen molar-refractivity contribution in [2.75, 3.05) is 19.6 Å². The van der Waals surface area contributed by atoms with Gasteiger partial charge in [0.05, 0.1) is 0 Å². The van der Waals surface area contributed by atoms with Gasteiger partial charge in [0.2, 0.25) is 0 Å². The molecule has 3 nitrogen and oxygen atoms in total. The third-order valence-corrected chi connectivity index (χ3v) is 4.37. The van der Waals surface area contributed by atoms with E-state index in [1.165, 1.54) is 57.3 Å². The van der Waals surface area contributed by atoms with Crippen molar-refractivity contribution < 1.29 is 0 Å². The van der Waals surface area contributed by atoms with Gasteiger partial charge in [-0.2, -0.15) is 0 Å². The predicted molar refractivity (Wildman–Crippen MR) is 78.2 cm³/mol. The summed E-state index contributed by atoms with van der Waals surface area (Å²) in [5.74, 6) is 0. The average molecular weight is 259 g/mol. The van der Waals surface area contributed by atoms with Crippen molar-refractivity contribution in [3.63, 3.8) is 0 Å². The molecule has 19 heavy (non-hydrogen) atoms. The molecule has 2 heterocycles. The summed E-state index contributed by atoms with van der Waals surface area (Å²) in [6.07, 6.45) is 11.9. The minimum absolute atomic E-state index is 0.729. The van der Waals surface area contributed by atoms with Crippen LogP contribution in [0.15, 0.2) is 24.5 Å². The van der Waals surface area contributed by atoms with Gasteiger partial charge < -0.3 is 5.32 Å². The van der Waals surface area contributed by atoms with Crippen LogP contribution in [0.2, 0.25) is 0 Å². The lowest BCUT2D eigenvalue weighted by atomic mass is 10.0. The summed E-state index contributed by atoms with van der Waals surface area (Å²) in [4.78, 5) is 6.80. The number of nitrogens with one attached hydrogen (secondary N) is 1. The van der Waals surface area contributed by atoms with Gasteiger partial charge in [-0.3, -0.25) is 9.88 Å². The van der Waals surface area contributed by atoms with Gasteiger partial charge in [-0.25, -0.2) is 0 Å². The van der Waals surface area contributed by atoms with Gasteiger partial charge >= 0.3 is 0 Å². The van der Waals surface area contributed by atoms with E-state index in [2.05, 4.69) is 27.3 Å². The SMILES string of the molecule is c1cc(CCN(CC2CCCCN2)C2CC2)ccn1. The van der Waals surface area contributed by atoms with E-state index in [1.54, 1.807) is 0 Å². The van der Waals surface area contributed by atoms with Crippen LogP contribution in [0.1, 0.15) is 37.7 Å². The summed E-state index contributed by atoms with van der Waals surface area (Å²) in [5.41, 5.74) is 1.41. The molecule has 0 radical (unpaired) electrons. The molecule has 1 atom stereocenters. The second kappa shape index (κ2) is 6.49. The van der Waals surface area contributed by atoms with Crippen molar-refractivity contribution >= 4 is 0 Å². The molecule has 1 N–H and O–H groups in total. The highest BCUT2D eigenvalue weighted by atomic mass is 15.2. The fourth-order valence-electron chi connectivity index (χ4n) is 3.05. The first-order chi connectivity index (χ1) is 9.42. The smallest absolute Gasteiger partial charge is 0.0270 e. The second-order valence-electron chi connectivity index (χ2n) is 5.98. The Balaban J connectivity index is 1.49. The molecule has 1 unspecified atom stereocenters. The molecule has 3 heteroatoms. The molecule has 2 aliphatic rings. The molecule has 1 aromatic heterocycles. The second-order valence-corrected chi connectivity index (χ2v) is 5.98. The number of piperidine rings is 1. The van der Waals surface area contributed by atoms with E-state index < -0.39 is 0 Å². The number of rotatable bonds is 6. The van der Waals surface area contributed by atoms with Crippen molar-refractivity contribution in [3.8, 4) is 0 Å². The number of hydrogen-bond acceptors (Lipinski definition) is 3. The monoisotopic (exact) mass is 259 g/mol. The highest BCUT2D eigenvalue weighted by molar-refractivity contribution is 5.10. The maximum Gasteiger partial charge on any atom is 0.0270 e. The van der Waals surface area contributed by atoms with E-state index in [0.29, 0.717) is 0 Å². The number of nitrogens with zero attached hydrogens (tertiary/aromatic N) is 2. The largest absolute Gasteiger partial charge is 0.313 e. The lowest BCUT2D eigenvalue weighted by molar-refractivity contribution is 0.218. The molecule has 1 aliphatic carbocycles. The van der Waals surface area contributed by atoms with E-state index in [-0.39, 0.29) is 0 Å². The van der Waals surface area contributed by atoms with E-state index in [4.69, 9.17) is 0 Å². The fraction of sp³-hybridized carbons (Fsp3) is 0.688. The molecule has 1 saturated heterocycles. The molecule has 0 spiro atoms. The van der Waals surface area contributed by atoms with Gasteiger partial charge in [-0.15, -0.1) is 0 Å². The molecule has 1 aliphatic heterocycles. The van der Waals surface area contributed by atoms with Crippen LogP contribution in [-0.4, -0.2) is 41.6 Å². The fourth-order valence-corrected chi connectivity index (χ4v) is 3.05. The standard InChI is InChI=1S/C16H25N3/c1-2-9-18-15(3-1)13-19(16-4-5-16)12-8-14-6-10-17-11-7-14/h6-7,10-11,15-16,18H,1-5,8-9,12-13H2. The molecule has 0 bridgehead atoms. The van der Waals surface area contributed by atoms with E-state index in [1.807, 2.05) is 12.4 Å². The first-order valence-electron chi connectivity index (χ1n) is 7.78. The Bertz CT molecular complexity index is 369. The van der Waals surface area contributed by atoms with Crippen LogP contribution in [0, 0.1) is 0 Å². The van der Waals surface area contributed by atoms with Gasteiger partial charge in [0.1, 0.15) is 0 Å². The minimum atomic E-state index is 0.729. The van der Waals surface area contributed by atoms with Gasteiger partial charge in [0, 0.05) is 37.6 Å². The van der Waals surface area contributed by atoms with Gasteiger partial charge in [0.25, 0.3) is 0 Å². The first kappa shape index (κ1) is 13.1. The molecule has 3 rings (SSSR count). The number of aromatic nitrogens is 1. The van der Waals surface area contributed by atoms with Crippen molar-refractivity contribution in [1.82, 2.24) is 15.2 Å². The molecule has 104 valence electrons. The van der Waals surface area contributed by atoms with E-state index in [9.17, 15) is 0 Å². The van der Waals surface area contributed by atoms with Crippen molar-refractivity contribution in [2.45, 2.75) is 50.6 Å². The highest BCUT2D eigenvalue weighted by Gasteiger charge is 2.30. The Hall–Kier alpha value is -0.930. The first-order valence-corrected chi connectivity index (χ1v) is 7.78. The van der Waals surface area contributed by atoms with E-state index >= 15 is 0 Å². The van der Waals surface area contributed by atoms with Crippen molar-refractivity contribution in [2.24, 2.45) is 0 Å². The van der Waals surface area contributed by atoms with Gasteiger partial charge in [-0.1, -0.05) is 6.42 Å². The zero-order valence-corrected chi connectivity index (χ0v) is 11.7. The molecular formula is C16H25N3. The molecule has 2 fully saturated rings. The lowest BCUT2D eigenvalue weighted by Crippen LogP contribution is -2.45. The molecule has 0 amide bonds. The zero-order valence-electron chi connectivity index (χ0n) is 11.7. The average Bonchev–Trinajstić information content (AvgIpc) is 3.30. The summed E-state index contributed by atoms with van der Waals surface area (Å²) < 4.78 is 0. The zero-order chi connectivity index (χ0) is 12.9. The van der Waals surface area contributed by atoms with Crippen LogP contribution in [0.5, 0.6) is 0 Å². The van der Waals surface area contributed by atoms with Crippen LogP contribution < -0.4 is 5.32 Å². The Labute approximate surface area is 116 Å². The molecular weight excluding hydrogens is 234 g/mol. The Morgan fingerprint density at radius 1 is 1.16 bits per heavy atom. The summed E-state index contributed by atoms with van der Waals surface area (Å²) in [5, 5.41) is 3.68. The van der Waals surface area contributed by atoms with Crippen LogP contribution >= 0.6 is 0 Å².